The molecule has 0 aromatic heterocycles. The lowest BCUT2D eigenvalue weighted by molar-refractivity contribution is 1.47. The number of aliphatic imine (C=N–C) groups is 1. The lowest BCUT2D eigenvalue weighted by Crippen LogP contribution is -1.87. The Morgan fingerprint density at radius 3 is 2.46 bits per heavy atom. The van der Waals surface area contributed by atoms with Crippen molar-refractivity contribution in [2.24, 2.45) is 4.99 Å². The van der Waals surface area contributed by atoms with E-state index in [2.05, 4.69) is 52.1 Å². The van der Waals surface area contributed by atoms with Crippen molar-refractivity contribution in [3.05, 3.63) is 40.5 Å². The molecule has 0 unspecified atom stereocenters. The fraction of sp³-hybridized carbons (Fsp3) is 0.182. The second-order valence-corrected chi connectivity index (χ2v) is 4.12. The molecule has 0 radical (unpaired) electrons. The van der Waals surface area contributed by atoms with E-state index in [0.29, 0.717) is 0 Å². The fourth-order valence-corrected chi connectivity index (χ4v) is 1.66. The van der Waals surface area contributed by atoms with Gasteiger partial charge < -0.3 is 0 Å². The van der Waals surface area contributed by atoms with E-state index in [4.69, 9.17) is 0 Å². The topological polar surface area (TPSA) is 12.4 Å². The summed E-state index contributed by atoms with van der Waals surface area (Å²) in [5, 5.41) is 0. The average molecular weight is 236 g/mol. The van der Waals surface area contributed by atoms with Crippen LogP contribution < -0.4 is 0 Å². The standard InChI is InChI=1S/C11H10BrN/c1-8-6-10(7-13-8)9-2-4-11(12)5-3-9/h2-5,7H,6H2,1H3. The van der Waals surface area contributed by atoms with Gasteiger partial charge in [0.2, 0.25) is 0 Å². The highest BCUT2D eigenvalue weighted by Crippen LogP contribution is 2.24. The van der Waals surface area contributed by atoms with Crippen LogP contribution in [0.5, 0.6) is 0 Å². The first kappa shape index (κ1) is 8.70. The fourth-order valence-electron chi connectivity index (χ4n) is 1.40. The molecule has 0 fully saturated rings. The zero-order valence-corrected chi connectivity index (χ0v) is 9.01. The molecule has 1 aromatic rings. The predicted octanol–water partition coefficient (Wildman–Crippen LogP) is 3.65. The molecule has 0 saturated heterocycles. The highest BCUT2D eigenvalue weighted by molar-refractivity contribution is 9.10. The molecule has 0 aliphatic carbocycles. The highest BCUT2D eigenvalue weighted by Gasteiger charge is 2.07. The molecule has 1 nitrogen and oxygen atoms in total. The van der Waals surface area contributed by atoms with Gasteiger partial charge in [0.05, 0.1) is 0 Å². The third kappa shape index (κ3) is 1.89. The van der Waals surface area contributed by atoms with Crippen molar-refractivity contribution in [1.29, 1.82) is 0 Å². The maximum atomic E-state index is 4.26. The van der Waals surface area contributed by atoms with Gasteiger partial charge in [-0.25, -0.2) is 0 Å². The van der Waals surface area contributed by atoms with Gasteiger partial charge in [0.15, 0.2) is 0 Å². The molecule has 0 spiro atoms. The summed E-state index contributed by atoms with van der Waals surface area (Å²) < 4.78 is 1.12. The van der Waals surface area contributed by atoms with Gasteiger partial charge in [0.1, 0.15) is 0 Å². The summed E-state index contributed by atoms with van der Waals surface area (Å²) in [7, 11) is 0. The molecule has 66 valence electrons. The summed E-state index contributed by atoms with van der Waals surface area (Å²) in [6, 6.07) is 8.35. The van der Waals surface area contributed by atoms with Crippen LogP contribution in [0, 0.1) is 0 Å². The molecule has 0 bridgehead atoms. The highest BCUT2D eigenvalue weighted by atomic mass is 79.9. The molecule has 13 heavy (non-hydrogen) atoms. The van der Waals surface area contributed by atoms with E-state index in [1.807, 2.05) is 6.20 Å². The van der Waals surface area contributed by atoms with Crippen LogP contribution in [0.1, 0.15) is 18.9 Å². The monoisotopic (exact) mass is 235 g/mol. The minimum Gasteiger partial charge on any atom is -0.265 e. The molecule has 0 saturated carbocycles. The third-order valence-electron chi connectivity index (χ3n) is 2.10. The molecule has 2 rings (SSSR count). The Hall–Kier alpha value is -0.890. The summed E-state index contributed by atoms with van der Waals surface area (Å²) in [6.45, 7) is 2.06. The van der Waals surface area contributed by atoms with Crippen molar-refractivity contribution in [3.8, 4) is 0 Å². The zero-order valence-electron chi connectivity index (χ0n) is 7.42. The van der Waals surface area contributed by atoms with Gasteiger partial charge in [-0.15, -0.1) is 0 Å². The van der Waals surface area contributed by atoms with E-state index in [-0.39, 0.29) is 0 Å². The molecule has 1 aromatic carbocycles. The summed E-state index contributed by atoms with van der Waals surface area (Å²) in [6.07, 6.45) is 2.94. The number of allylic oxidation sites excluding steroid dienone is 1. The minimum absolute atomic E-state index is 0.988. The molecule has 2 heteroatoms. The van der Waals surface area contributed by atoms with Crippen molar-refractivity contribution in [3.63, 3.8) is 0 Å². The first-order chi connectivity index (χ1) is 6.25. The number of hydrogen-bond donors (Lipinski definition) is 0. The van der Waals surface area contributed by atoms with Crippen molar-refractivity contribution >= 4 is 27.2 Å². The predicted molar refractivity (Wildman–Crippen MR) is 59.8 cm³/mol. The first-order valence-corrected chi connectivity index (χ1v) is 5.03. The minimum atomic E-state index is 0.988. The van der Waals surface area contributed by atoms with Crippen molar-refractivity contribution in [2.45, 2.75) is 13.3 Å². The van der Waals surface area contributed by atoms with Crippen LogP contribution in [-0.4, -0.2) is 5.71 Å². The van der Waals surface area contributed by atoms with Crippen LogP contribution in [0.4, 0.5) is 0 Å². The molecule has 0 N–H and O–H groups in total. The van der Waals surface area contributed by atoms with Crippen molar-refractivity contribution in [1.82, 2.24) is 0 Å². The van der Waals surface area contributed by atoms with Crippen LogP contribution in [0.3, 0.4) is 0 Å². The van der Waals surface area contributed by atoms with Gasteiger partial charge in [0.25, 0.3) is 0 Å². The van der Waals surface area contributed by atoms with E-state index in [1.165, 1.54) is 16.8 Å². The van der Waals surface area contributed by atoms with E-state index < -0.39 is 0 Å². The Balaban J connectivity index is 2.24. The number of hydrogen-bond acceptors (Lipinski definition) is 1. The molecule has 0 atom stereocenters. The smallest absolute Gasteiger partial charge is 0.0309 e. The lowest BCUT2D eigenvalue weighted by atomic mass is 10.0. The van der Waals surface area contributed by atoms with E-state index in [0.717, 1.165) is 10.9 Å². The van der Waals surface area contributed by atoms with Crippen molar-refractivity contribution < 1.29 is 0 Å². The van der Waals surface area contributed by atoms with Gasteiger partial charge in [-0.05, 0) is 30.2 Å². The largest absolute Gasteiger partial charge is 0.265 e. The molecule has 1 heterocycles. The van der Waals surface area contributed by atoms with Crippen LogP contribution in [0.15, 0.2) is 39.9 Å². The number of nitrogens with zero attached hydrogens (tertiary/aromatic N) is 1. The van der Waals surface area contributed by atoms with Crippen molar-refractivity contribution in [2.75, 3.05) is 0 Å². The van der Waals surface area contributed by atoms with Crippen LogP contribution in [0.25, 0.3) is 5.57 Å². The van der Waals surface area contributed by atoms with Crippen LogP contribution in [0.2, 0.25) is 0 Å². The van der Waals surface area contributed by atoms with Gasteiger partial charge in [-0.1, -0.05) is 28.1 Å². The van der Waals surface area contributed by atoms with E-state index in [9.17, 15) is 0 Å². The zero-order chi connectivity index (χ0) is 9.26. The second-order valence-electron chi connectivity index (χ2n) is 3.20. The summed E-state index contributed by atoms with van der Waals surface area (Å²) in [5.41, 5.74) is 3.77. The Morgan fingerprint density at radius 2 is 1.92 bits per heavy atom. The first-order valence-electron chi connectivity index (χ1n) is 4.24. The number of halogens is 1. The molecule has 1 aliphatic rings. The van der Waals surface area contributed by atoms with E-state index in [1.54, 1.807) is 0 Å². The van der Waals surface area contributed by atoms with Gasteiger partial charge in [-0.2, -0.15) is 0 Å². The molecular weight excluding hydrogens is 226 g/mol. The summed E-state index contributed by atoms with van der Waals surface area (Å²) in [4.78, 5) is 4.26. The summed E-state index contributed by atoms with van der Waals surface area (Å²) >= 11 is 3.42. The molecule has 0 amide bonds. The Labute approximate surface area is 86.3 Å². The summed E-state index contributed by atoms with van der Waals surface area (Å²) in [5.74, 6) is 0. The van der Waals surface area contributed by atoms with Gasteiger partial charge in [-0.3, -0.25) is 4.99 Å². The Morgan fingerprint density at radius 1 is 1.23 bits per heavy atom. The average Bonchev–Trinajstić information content (AvgIpc) is 2.53. The van der Waals surface area contributed by atoms with Gasteiger partial charge in [0, 0.05) is 22.8 Å². The van der Waals surface area contributed by atoms with Crippen LogP contribution in [-0.2, 0) is 0 Å². The second kappa shape index (κ2) is 3.46. The number of rotatable bonds is 1. The van der Waals surface area contributed by atoms with Gasteiger partial charge >= 0.3 is 0 Å². The Kier molecular flexibility index (Phi) is 2.32. The Bertz CT molecular complexity index is 374. The third-order valence-corrected chi connectivity index (χ3v) is 2.63. The normalized spacial score (nSPS) is 15.5. The SMILES string of the molecule is CC1=NC=C(c2ccc(Br)cc2)C1. The molecule has 1 aliphatic heterocycles. The maximum absolute atomic E-state index is 4.26. The van der Waals surface area contributed by atoms with E-state index >= 15 is 0 Å². The van der Waals surface area contributed by atoms with Crippen LogP contribution >= 0.6 is 15.9 Å². The lowest BCUT2D eigenvalue weighted by Gasteiger charge is -2.01. The maximum Gasteiger partial charge on any atom is 0.0309 e. The number of benzene rings is 1. The quantitative estimate of drug-likeness (QED) is 0.705. The molecular formula is C11H10BrN.